The Hall–Kier alpha value is -1.18. The Balaban J connectivity index is 0.837. The summed E-state index contributed by atoms with van der Waals surface area (Å²) in [6.45, 7) is 6.89. The molecule has 31 atom stereocenters. The third-order valence-corrected chi connectivity index (χ3v) is 19.5. The molecule has 6 saturated heterocycles. The predicted octanol–water partition coefficient (Wildman–Crippen LogP) is -3.38. The van der Waals surface area contributed by atoms with Gasteiger partial charge in [0, 0.05) is 12.3 Å². The number of aliphatic hydroxyl groups is 13. The van der Waals surface area contributed by atoms with E-state index >= 15 is 0 Å². The Morgan fingerprint density at radius 2 is 1.23 bits per heavy atom. The molecule has 1 spiro atoms. The Morgan fingerprint density at radius 3 is 1.93 bits per heavy atom. The first-order chi connectivity index (χ1) is 34.7. The van der Waals surface area contributed by atoms with Crippen LogP contribution in [0.4, 0.5) is 0 Å². The third kappa shape index (κ3) is 9.41. The van der Waals surface area contributed by atoms with E-state index in [1.54, 1.807) is 0 Å². The fourth-order valence-electron chi connectivity index (χ4n) is 15.3. The topological polar surface area (TPSA) is 355 Å². The smallest absolute Gasteiger partial charge is 0.187 e. The summed E-state index contributed by atoms with van der Waals surface area (Å²) in [5.41, 5.74) is 0.927. The summed E-state index contributed by atoms with van der Waals surface area (Å²) in [6.07, 6.45) is -26.6. The number of rotatable bonds is 11. The molecule has 0 aromatic heterocycles. The minimum atomic E-state index is -2.02. The number of fused-ring (bicyclic) bond motifs is 7. The summed E-state index contributed by atoms with van der Waals surface area (Å²) >= 11 is 0. The van der Waals surface area contributed by atoms with E-state index in [9.17, 15) is 66.4 Å². The molecule has 0 radical (unpaired) electrons. The van der Waals surface area contributed by atoms with E-state index in [-0.39, 0.29) is 16.9 Å². The van der Waals surface area contributed by atoms with Gasteiger partial charge in [-0.15, -0.1) is 0 Å². The summed E-state index contributed by atoms with van der Waals surface area (Å²) in [5.74, 6) is 1.91. The lowest BCUT2D eigenvalue weighted by molar-refractivity contribution is -0.404. The molecule has 9 fully saturated rings. The van der Waals surface area contributed by atoms with Gasteiger partial charge in [0.15, 0.2) is 30.9 Å². The highest BCUT2D eigenvalue weighted by molar-refractivity contribution is 5.27. The zero-order valence-electron chi connectivity index (χ0n) is 41.8. The van der Waals surface area contributed by atoms with E-state index in [2.05, 4.69) is 33.8 Å². The quantitative estimate of drug-likeness (QED) is 0.0898. The molecule has 6 aliphatic heterocycles. The average Bonchev–Trinajstić information content (AvgIpc) is 3.82. The van der Waals surface area contributed by atoms with Gasteiger partial charge >= 0.3 is 0 Å². The van der Waals surface area contributed by atoms with Gasteiger partial charge in [0.1, 0.15) is 91.6 Å². The second kappa shape index (κ2) is 21.1. The predicted molar refractivity (Wildman–Crippen MR) is 244 cm³/mol. The van der Waals surface area contributed by atoms with Gasteiger partial charge in [0.05, 0.1) is 51.3 Å². The van der Waals surface area contributed by atoms with Crippen LogP contribution in [0, 0.1) is 46.3 Å². The largest absolute Gasteiger partial charge is 0.394 e. The maximum atomic E-state index is 11.9. The molecule has 4 aliphatic carbocycles. The molecule has 10 rings (SSSR count). The first kappa shape index (κ1) is 55.1. The minimum absolute atomic E-state index is 0.101. The Bertz CT molecular complexity index is 1920. The second-order valence-electron chi connectivity index (χ2n) is 23.6. The van der Waals surface area contributed by atoms with Gasteiger partial charge in [-0.3, -0.25) is 0 Å². The SMILES string of the molecule is CC1C2[C@H](CC3C4CC=C5C[C@@H](O[C@@H]6O[C@H](CO)[C@H](O[C@@H]7O[C@H](CO)[C@@H](O)[C@H](O[C@@H]8OC[C@@H](O)[C@H](O)[C@H]8O)[C@H]7O[C@@H]7O[C@H](CO)[C@@H](O)[C@H](O)[C@H]7O)[C@H](O)[C@H]6O)[C@H](O)C[C@]5(C)C4CC[C@@]32C)O[C@]12CC[C@@H](C)CO2. The van der Waals surface area contributed by atoms with Crippen molar-refractivity contribution in [2.45, 2.75) is 220 Å². The van der Waals surface area contributed by atoms with Crippen molar-refractivity contribution in [2.75, 3.05) is 33.0 Å². The zero-order chi connectivity index (χ0) is 52.2. The van der Waals surface area contributed by atoms with Crippen LogP contribution in [0.25, 0.3) is 0 Å². The van der Waals surface area contributed by atoms with Gasteiger partial charge in [0.25, 0.3) is 0 Å². The van der Waals surface area contributed by atoms with Crippen LogP contribution < -0.4 is 0 Å². The summed E-state index contributed by atoms with van der Waals surface area (Å²) in [4.78, 5) is 0. The molecule has 0 amide bonds. The van der Waals surface area contributed by atoms with Gasteiger partial charge in [0.2, 0.25) is 0 Å². The van der Waals surface area contributed by atoms with E-state index < -0.39 is 161 Å². The van der Waals surface area contributed by atoms with Crippen LogP contribution in [0.3, 0.4) is 0 Å². The fourth-order valence-corrected chi connectivity index (χ4v) is 15.3. The molecule has 5 unspecified atom stereocenters. The second-order valence-corrected chi connectivity index (χ2v) is 23.6. The summed E-state index contributed by atoms with van der Waals surface area (Å²) in [7, 11) is 0. The molecule has 418 valence electrons. The fraction of sp³-hybridized carbons (Fsp3) is 0.960. The minimum Gasteiger partial charge on any atom is -0.394 e. The van der Waals surface area contributed by atoms with Crippen molar-refractivity contribution in [3.63, 3.8) is 0 Å². The monoisotopic (exact) mass is 1050 g/mol. The van der Waals surface area contributed by atoms with Crippen LogP contribution in [0.15, 0.2) is 11.6 Å². The number of hydrogen-bond acceptors (Lipinski definition) is 23. The normalized spacial score (nSPS) is 57.1. The molecule has 13 N–H and O–H groups in total. The Morgan fingerprint density at radius 1 is 0.603 bits per heavy atom. The Labute approximate surface area is 423 Å². The maximum absolute atomic E-state index is 11.9. The van der Waals surface area contributed by atoms with Gasteiger partial charge in [-0.2, -0.15) is 0 Å². The van der Waals surface area contributed by atoms with Crippen LogP contribution in [0.5, 0.6) is 0 Å². The molecule has 73 heavy (non-hydrogen) atoms. The highest BCUT2D eigenvalue weighted by atomic mass is 16.8. The molecule has 10 aliphatic rings. The standard InChI is InChI=1S/C50H80O23/c1-19-7-10-50(65-17-19)20(2)32-28(73-50)12-24-22-6-5-21-11-27(25(54)13-49(21,4)23(22)8-9-48(24,32)3)66-45-40(63)37(60)41(31(16-53)69-45)70-47-43(72-46-39(62)36(59)34(57)29(14-51)67-46)42(35(58)30(15-52)68-47)71-44-38(61)33(56)26(55)18-64-44/h5,19-20,22-47,51-63H,6-18H2,1-4H3/t19-,20?,22?,23?,24?,25-,26-,27-,28+,29-,30-,31-,32?,33+,34-,35-,36+,37-,38-,39-,40-,41+,42+,43-,44+,45-,46+,47+,48+,49+,50-/m1/s1. The zero-order valence-corrected chi connectivity index (χ0v) is 41.8. The number of hydrogen-bond donors (Lipinski definition) is 13. The first-order valence-corrected chi connectivity index (χ1v) is 26.5. The summed E-state index contributed by atoms with van der Waals surface area (Å²) in [5, 5.41) is 141. The van der Waals surface area contributed by atoms with E-state index in [0.29, 0.717) is 48.3 Å². The molecule has 0 aromatic rings. The van der Waals surface area contributed by atoms with Gasteiger partial charge < -0.3 is 114 Å². The number of allylic oxidation sites excluding steroid dienone is 1. The van der Waals surface area contributed by atoms with Gasteiger partial charge in [-0.25, -0.2) is 0 Å². The van der Waals surface area contributed by atoms with Crippen molar-refractivity contribution >= 4 is 0 Å². The van der Waals surface area contributed by atoms with Crippen molar-refractivity contribution in [1.29, 1.82) is 0 Å². The van der Waals surface area contributed by atoms with Crippen molar-refractivity contribution in [3.05, 3.63) is 11.6 Å². The lowest BCUT2D eigenvalue weighted by Crippen LogP contribution is -2.68. The molecular weight excluding hydrogens is 969 g/mol. The molecular formula is C50H80O23. The summed E-state index contributed by atoms with van der Waals surface area (Å²) < 4.78 is 61.0. The third-order valence-electron chi connectivity index (χ3n) is 19.5. The molecule has 6 heterocycles. The maximum Gasteiger partial charge on any atom is 0.187 e. The number of aliphatic hydroxyl groups excluding tert-OH is 13. The van der Waals surface area contributed by atoms with E-state index in [1.165, 1.54) is 0 Å². The van der Waals surface area contributed by atoms with E-state index in [1.807, 2.05) is 0 Å². The molecule has 23 heteroatoms. The lowest BCUT2D eigenvalue weighted by Gasteiger charge is -2.59. The van der Waals surface area contributed by atoms with Gasteiger partial charge in [-0.05, 0) is 85.4 Å². The van der Waals surface area contributed by atoms with Crippen molar-refractivity contribution in [1.82, 2.24) is 0 Å². The van der Waals surface area contributed by atoms with Crippen LogP contribution in [-0.2, 0) is 47.4 Å². The van der Waals surface area contributed by atoms with Crippen molar-refractivity contribution < 1.29 is 114 Å². The van der Waals surface area contributed by atoms with Crippen molar-refractivity contribution in [2.24, 2.45) is 46.3 Å². The van der Waals surface area contributed by atoms with Crippen LogP contribution in [0.1, 0.15) is 79.1 Å². The highest BCUT2D eigenvalue weighted by Gasteiger charge is 2.69. The first-order valence-electron chi connectivity index (χ1n) is 26.5. The van der Waals surface area contributed by atoms with Gasteiger partial charge in [-0.1, -0.05) is 39.3 Å². The molecule has 3 saturated carbocycles. The van der Waals surface area contributed by atoms with Crippen LogP contribution in [0.2, 0.25) is 0 Å². The lowest BCUT2D eigenvalue weighted by atomic mass is 9.46. The highest BCUT2D eigenvalue weighted by Crippen LogP contribution is 2.71. The summed E-state index contributed by atoms with van der Waals surface area (Å²) in [6, 6.07) is 0. The number of ether oxygens (including phenoxy) is 10. The van der Waals surface area contributed by atoms with E-state index in [0.717, 1.165) is 50.7 Å². The van der Waals surface area contributed by atoms with E-state index in [4.69, 9.17) is 47.4 Å². The average molecular weight is 1050 g/mol. The molecule has 23 nitrogen and oxygen atoms in total. The van der Waals surface area contributed by atoms with Crippen LogP contribution >= 0.6 is 0 Å². The van der Waals surface area contributed by atoms with Crippen LogP contribution in [-0.4, -0.2) is 240 Å². The van der Waals surface area contributed by atoms with Crippen molar-refractivity contribution in [3.8, 4) is 0 Å². The molecule has 0 bridgehead atoms. The Kier molecular flexibility index (Phi) is 16.0. The molecule has 0 aromatic carbocycles.